The monoisotopic (exact) mass is 653 g/mol. The fourth-order valence-corrected chi connectivity index (χ4v) is 8.83. The van der Waals surface area contributed by atoms with Gasteiger partial charge >= 0.3 is 0 Å². The van der Waals surface area contributed by atoms with Gasteiger partial charge in [-0.25, -0.2) is 0 Å². The van der Waals surface area contributed by atoms with Crippen LogP contribution in [0.3, 0.4) is 0 Å². The van der Waals surface area contributed by atoms with Gasteiger partial charge in [0.2, 0.25) is 0 Å². The van der Waals surface area contributed by atoms with Gasteiger partial charge in [-0.05, 0) is 91.5 Å². The Balaban J connectivity index is 1.20. The van der Waals surface area contributed by atoms with Gasteiger partial charge in [0.25, 0.3) is 0 Å². The van der Waals surface area contributed by atoms with Crippen molar-refractivity contribution in [1.82, 2.24) is 0 Å². The molecule has 50 heavy (non-hydrogen) atoms. The molecule has 0 fully saturated rings. The smallest absolute Gasteiger partial charge is 0.0640 e. The van der Waals surface area contributed by atoms with E-state index in [1.54, 1.807) is 0 Å². The van der Waals surface area contributed by atoms with E-state index < -0.39 is 0 Å². The first-order chi connectivity index (χ1) is 24.8. The van der Waals surface area contributed by atoms with Gasteiger partial charge in [0, 0.05) is 26.7 Å². The van der Waals surface area contributed by atoms with Gasteiger partial charge in [-0.15, -0.1) is 11.3 Å². The van der Waals surface area contributed by atoms with Crippen molar-refractivity contribution in [2.75, 3.05) is 4.90 Å². The molecule has 0 aliphatic heterocycles. The Morgan fingerprint density at radius 1 is 0.340 bits per heavy atom. The molecule has 0 unspecified atom stereocenters. The molecule has 1 aromatic heterocycles. The van der Waals surface area contributed by atoms with Gasteiger partial charge in [-0.3, -0.25) is 0 Å². The molecule has 0 saturated carbocycles. The summed E-state index contributed by atoms with van der Waals surface area (Å²) in [5, 5.41) is 10.1. The standard InChI is InChI=1S/C48H31NS/c1-2-13-35-29-38(24-23-32(35)11-1)42-18-7-8-21-45(42)49(39-27-25-34(26-28-39)41-19-9-16-33-12-5-6-17-40(33)41)46-22-10-20-43-44-30-36-14-3-4-15-37(36)31-47(44)50-48(43)46/h1-31H. The molecular formula is C48H31NS. The fraction of sp³-hybridized carbons (Fsp3) is 0. The van der Waals surface area contributed by atoms with Crippen LogP contribution in [0, 0.1) is 0 Å². The molecule has 0 atom stereocenters. The lowest BCUT2D eigenvalue weighted by Gasteiger charge is -2.28. The van der Waals surface area contributed by atoms with E-state index in [2.05, 4.69) is 193 Å². The highest BCUT2D eigenvalue weighted by Gasteiger charge is 2.21. The Kier molecular flexibility index (Phi) is 6.75. The highest BCUT2D eigenvalue weighted by Crippen LogP contribution is 2.48. The summed E-state index contributed by atoms with van der Waals surface area (Å²) < 4.78 is 2.59. The van der Waals surface area contributed by atoms with Crippen LogP contribution in [0.1, 0.15) is 0 Å². The van der Waals surface area contributed by atoms with Gasteiger partial charge < -0.3 is 4.90 Å². The van der Waals surface area contributed by atoms with Crippen LogP contribution < -0.4 is 4.90 Å². The first-order valence-corrected chi connectivity index (χ1v) is 17.9. The molecular weight excluding hydrogens is 623 g/mol. The van der Waals surface area contributed by atoms with E-state index in [0.717, 1.165) is 11.4 Å². The molecule has 234 valence electrons. The Bertz CT molecular complexity index is 2870. The summed E-state index contributed by atoms with van der Waals surface area (Å²) in [6.07, 6.45) is 0. The van der Waals surface area contributed by atoms with Crippen LogP contribution in [0.2, 0.25) is 0 Å². The van der Waals surface area contributed by atoms with E-state index in [1.807, 2.05) is 11.3 Å². The molecule has 0 N–H and O–H groups in total. The zero-order valence-electron chi connectivity index (χ0n) is 27.3. The molecule has 0 amide bonds. The first kappa shape index (κ1) is 28.8. The second kappa shape index (κ2) is 11.7. The minimum atomic E-state index is 1.12. The average Bonchev–Trinajstić information content (AvgIpc) is 3.55. The number of fused-ring (bicyclic) bond motifs is 6. The number of nitrogens with zero attached hydrogens (tertiary/aromatic N) is 1. The van der Waals surface area contributed by atoms with Gasteiger partial charge in [-0.2, -0.15) is 0 Å². The third-order valence-electron chi connectivity index (χ3n) is 10.0. The van der Waals surface area contributed by atoms with E-state index in [1.165, 1.54) is 80.4 Å². The number of rotatable bonds is 5. The largest absolute Gasteiger partial charge is 0.308 e. The summed E-state index contributed by atoms with van der Waals surface area (Å²) in [5.74, 6) is 0. The molecule has 0 aliphatic carbocycles. The molecule has 0 bridgehead atoms. The Labute approximate surface area is 294 Å². The van der Waals surface area contributed by atoms with E-state index in [0.29, 0.717) is 0 Å². The maximum absolute atomic E-state index is 2.47. The normalized spacial score (nSPS) is 11.6. The summed E-state index contributed by atoms with van der Waals surface area (Å²) in [7, 11) is 0. The van der Waals surface area contributed by atoms with Gasteiger partial charge in [0.15, 0.2) is 0 Å². The fourth-order valence-electron chi connectivity index (χ4n) is 7.59. The molecule has 1 heterocycles. The van der Waals surface area contributed by atoms with Crippen LogP contribution in [-0.4, -0.2) is 0 Å². The quantitative estimate of drug-likeness (QED) is 0.179. The molecule has 9 aromatic carbocycles. The maximum Gasteiger partial charge on any atom is 0.0640 e. The molecule has 0 spiro atoms. The van der Waals surface area contributed by atoms with E-state index in [9.17, 15) is 0 Å². The lowest BCUT2D eigenvalue weighted by molar-refractivity contribution is 1.30. The number of hydrogen-bond acceptors (Lipinski definition) is 2. The summed E-state index contributed by atoms with van der Waals surface area (Å²) in [5.41, 5.74) is 8.30. The van der Waals surface area contributed by atoms with Crippen molar-refractivity contribution in [3.63, 3.8) is 0 Å². The lowest BCUT2D eigenvalue weighted by Crippen LogP contribution is -2.11. The second-order valence-corrected chi connectivity index (χ2v) is 14.0. The molecule has 0 saturated heterocycles. The highest BCUT2D eigenvalue weighted by atomic mass is 32.1. The summed E-state index contributed by atoms with van der Waals surface area (Å²) in [6, 6.07) is 68.8. The number of thiophene rings is 1. The Hall–Kier alpha value is -6.22. The molecule has 1 nitrogen and oxygen atoms in total. The van der Waals surface area contributed by atoms with Crippen molar-refractivity contribution in [3.05, 3.63) is 188 Å². The molecule has 2 heteroatoms. The van der Waals surface area contributed by atoms with E-state index in [-0.39, 0.29) is 0 Å². The first-order valence-electron chi connectivity index (χ1n) is 17.1. The second-order valence-electron chi connectivity index (χ2n) is 12.9. The van der Waals surface area contributed by atoms with Crippen molar-refractivity contribution in [3.8, 4) is 22.3 Å². The average molecular weight is 654 g/mol. The third kappa shape index (κ3) is 4.76. The number of anilines is 3. The summed E-state index contributed by atoms with van der Waals surface area (Å²) in [6.45, 7) is 0. The van der Waals surface area contributed by atoms with Crippen molar-refractivity contribution in [1.29, 1.82) is 0 Å². The van der Waals surface area contributed by atoms with E-state index >= 15 is 0 Å². The van der Waals surface area contributed by atoms with Gasteiger partial charge in [-0.1, -0.05) is 146 Å². The van der Waals surface area contributed by atoms with Crippen LogP contribution in [0.15, 0.2) is 188 Å². The molecule has 0 aliphatic rings. The van der Waals surface area contributed by atoms with Crippen molar-refractivity contribution in [2.24, 2.45) is 0 Å². The number of para-hydroxylation sites is 1. The minimum absolute atomic E-state index is 1.12. The zero-order valence-corrected chi connectivity index (χ0v) is 28.1. The molecule has 10 aromatic rings. The molecule has 10 rings (SSSR count). The Morgan fingerprint density at radius 2 is 0.920 bits per heavy atom. The van der Waals surface area contributed by atoms with E-state index in [4.69, 9.17) is 0 Å². The van der Waals surface area contributed by atoms with Crippen molar-refractivity contribution in [2.45, 2.75) is 0 Å². The van der Waals surface area contributed by atoms with Crippen LogP contribution in [0.5, 0.6) is 0 Å². The predicted molar refractivity (Wildman–Crippen MR) is 217 cm³/mol. The number of benzene rings is 9. The van der Waals surface area contributed by atoms with Crippen LogP contribution in [0.4, 0.5) is 17.1 Å². The minimum Gasteiger partial charge on any atom is -0.308 e. The Morgan fingerprint density at radius 3 is 1.76 bits per heavy atom. The summed E-state index contributed by atoms with van der Waals surface area (Å²) in [4.78, 5) is 2.47. The van der Waals surface area contributed by atoms with Gasteiger partial charge in [0.1, 0.15) is 0 Å². The van der Waals surface area contributed by atoms with Crippen molar-refractivity contribution >= 4 is 80.9 Å². The van der Waals surface area contributed by atoms with Crippen LogP contribution in [0.25, 0.3) is 74.7 Å². The SMILES string of the molecule is c1ccc(N(c2ccc(-c3cccc4ccccc34)cc2)c2cccc3c2sc2cc4ccccc4cc23)c(-c2ccc3ccccc3c2)c1. The molecule has 0 radical (unpaired) electrons. The van der Waals surface area contributed by atoms with Gasteiger partial charge in [0.05, 0.1) is 16.1 Å². The number of hydrogen-bond donors (Lipinski definition) is 0. The lowest BCUT2D eigenvalue weighted by atomic mass is 9.97. The highest BCUT2D eigenvalue weighted by molar-refractivity contribution is 7.26. The van der Waals surface area contributed by atoms with Crippen LogP contribution >= 0.6 is 11.3 Å². The zero-order chi connectivity index (χ0) is 33.0. The topological polar surface area (TPSA) is 3.24 Å². The predicted octanol–water partition coefficient (Wildman–Crippen LogP) is 14.3. The third-order valence-corrected chi connectivity index (χ3v) is 11.2. The van der Waals surface area contributed by atoms with Crippen LogP contribution in [-0.2, 0) is 0 Å². The summed E-state index contributed by atoms with van der Waals surface area (Å²) >= 11 is 1.88. The maximum atomic E-state index is 2.47. The van der Waals surface area contributed by atoms with Crippen molar-refractivity contribution < 1.29 is 0 Å².